The summed E-state index contributed by atoms with van der Waals surface area (Å²) in [5, 5.41) is 10.5. The normalized spacial score (nSPS) is 15.9. The quantitative estimate of drug-likeness (QED) is 0.741. The number of nitrogens with one attached hydrogen (secondary N) is 2. The van der Waals surface area contributed by atoms with E-state index in [0.717, 1.165) is 11.1 Å². The smallest absolute Gasteiger partial charge is 0.249 e. The largest absolute Gasteiger partial charge is 0.324 e. The molecule has 0 aliphatic carbocycles. The molecule has 0 unspecified atom stereocenters. The van der Waals surface area contributed by atoms with Crippen LogP contribution in [0.2, 0.25) is 5.02 Å². The number of anilines is 2. The van der Waals surface area contributed by atoms with Gasteiger partial charge in [0, 0.05) is 16.3 Å². The zero-order valence-electron chi connectivity index (χ0n) is 13.6. The highest BCUT2D eigenvalue weighted by Gasteiger charge is 2.33. The molecule has 0 spiro atoms. The molecule has 26 heavy (non-hydrogen) atoms. The van der Waals surface area contributed by atoms with Crippen molar-refractivity contribution in [2.24, 2.45) is 0 Å². The van der Waals surface area contributed by atoms with Crippen molar-refractivity contribution in [1.29, 1.82) is 0 Å². The first-order chi connectivity index (χ1) is 12.6. The van der Waals surface area contributed by atoms with E-state index < -0.39 is 6.04 Å². The predicted molar refractivity (Wildman–Crippen MR) is 100 cm³/mol. The number of amides is 2. The Hall–Kier alpha value is -3.12. The molecule has 2 N–H and O–H groups in total. The maximum atomic E-state index is 12.7. The van der Waals surface area contributed by atoms with Crippen molar-refractivity contribution in [2.75, 3.05) is 10.6 Å². The Morgan fingerprint density at radius 2 is 2.00 bits per heavy atom. The summed E-state index contributed by atoms with van der Waals surface area (Å²) >= 11 is 5.96. The maximum Gasteiger partial charge on any atom is 0.249 e. The molecular weight excluding hydrogens is 352 g/mol. The van der Waals surface area contributed by atoms with Crippen LogP contribution in [0.15, 0.2) is 60.8 Å². The highest BCUT2D eigenvalue weighted by molar-refractivity contribution is 6.30. The summed E-state index contributed by atoms with van der Waals surface area (Å²) in [7, 11) is 0. The zero-order chi connectivity index (χ0) is 18.1. The monoisotopic (exact) mass is 366 g/mol. The minimum absolute atomic E-state index is 0.0231. The lowest BCUT2D eigenvalue weighted by atomic mass is 10.1. The molecule has 6 nitrogen and oxygen atoms in total. The number of halogens is 1. The molecule has 4 rings (SSSR count). The van der Waals surface area contributed by atoms with Crippen LogP contribution in [0.25, 0.3) is 11.1 Å². The fraction of sp³-hybridized carbons (Fsp3) is 0.105. The number of carbonyl (C=O) groups is 2. The van der Waals surface area contributed by atoms with Gasteiger partial charge in [-0.25, -0.2) is 4.68 Å². The second-order valence-electron chi connectivity index (χ2n) is 5.99. The second-order valence-corrected chi connectivity index (χ2v) is 6.42. The van der Waals surface area contributed by atoms with Crippen molar-refractivity contribution in [3.63, 3.8) is 0 Å². The molecule has 0 bridgehead atoms. The van der Waals surface area contributed by atoms with Crippen LogP contribution >= 0.6 is 11.6 Å². The Morgan fingerprint density at radius 3 is 2.77 bits per heavy atom. The Kier molecular flexibility index (Phi) is 4.18. The number of carbonyl (C=O) groups excluding carboxylic acids is 2. The summed E-state index contributed by atoms with van der Waals surface area (Å²) in [6.45, 7) is 0. The number of rotatable bonds is 3. The topological polar surface area (TPSA) is 76.0 Å². The lowest BCUT2D eigenvalue weighted by Crippen LogP contribution is -2.35. The van der Waals surface area contributed by atoms with Crippen LogP contribution in [-0.4, -0.2) is 21.6 Å². The molecule has 0 radical (unpaired) electrons. The van der Waals surface area contributed by atoms with Gasteiger partial charge in [-0.05, 0) is 23.8 Å². The third-order valence-corrected chi connectivity index (χ3v) is 4.44. The molecule has 3 aromatic rings. The van der Waals surface area contributed by atoms with Gasteiger partial charge in [-0.1, -0.05) is 48.0 Å². The van der Waals surface area contributed by atoms with E-state index in [1.807, 2.05) is 30.3 Å². The summed E-state index contributed by atoms with van der Waals surface area (Å²) < 4.78 is 1.56. The van der Waals surface area contributed by atoms with Crippen LogP contribution in [0.1, 0.15) is 12.5 Å². The highest BCUT2D eigenvalue weighted by atomic mass is 35.5. The zero-order valence-corrected chi connectivity index (χ0v) is 14.4. The van der Waals surface area contributed by atoms with Crippen LogP contribution in [0, 0.1) is 0 Å². The van der Waals surface area contributed by atoms with Crippen molar-refractivity contribution in [1.82, 2.24) is 9.78 Å². The first-order valence-corrected chi connectivity index (χ1v) is 8.49. The van der Waals surface area contributed by atoms with Gasteiger partial charge in [0.15, 0.2) is 0 Å². The van der Waals surface area contributed by atoms with Crippen LogP contribution in [0.3, 0.4) is 0 Å². The van der Waals surface area contributed by atoms with Gasteiger partial charge in [0.25, 0.3) is 0 Å². The number of fused-ring (bicyclic) bond motifs is 1. The summed E-state index contributed by atoms with van der Waals surface area (Å²) in [5.74, 6) is -0.00815. The van der Waals surface area contributed by atoms with Gasteiger partial charge in [0.05, 0.1) is 12.6 Å². The molecule has 130 valence electrons. The van der Waals surface area contributed by atoms with E-state index in [1.165, 1.54) is 0 Å². The van der Waals surface area contributed by atoms with Gasteiger partial charge in [0.1, 0.15) is 11.9 Å². The van der Waals surface area contributed by atoms with Gasteiger partial charge in [-0.3, -0.25) is 9.59 Å². The van der Waals surface area contributed by atoms with E-state index in [4.69, 9.17) is 11.6 Å². The maximum absolute atomic E-state index is 12.7. The lowest BCUT2D eigenvalue weighted by Gasteiger charge is -2.24. The summed E-state index contributed by atoms with van der Waals surface area (Å²) in [5.41, 5.74) is 2.27. The molecule has 0 saturated carbocycles. The lowest BCUT2D eigenvalue weighted by molar-refractivity contribution is -0.125. The van der Waals surface area contributed by atoms with E-state index in [-0.39, 0.29) is 18.2 Å². The second kappa shape index (κ2) is 6.65. The summed E-state index contributed by atoms with van der Waals surface area (Å²) in [6.07, 6.45) is 1.69. The third kappa shape index (κ3) is 3.07. The van der Waals surface area contributed by atoms with Crippen LogP contribution < -0.4 is 10.6 Å². The van der Waals surface area contributed by atoms with Crippen LogP contribution in [0.4, 0.5) is 11.5 Å². The Balaban J connectivity index is 1.66. The average molecular weight is 367 g/mol. The predicted octanol–water partition coefficient (Wildman–Crippen LogP) is 3.73. The number of nitrogens with zero attached hydrogens (tertiary/aromatic N) is 2. The molecule has 0 fully saturated rings. The summed E-state index contributed by atoms with van der Waals surface area (Å²) in [4.78, 5) is 24.9. The van der Waals surface area contributed by atoms with Gasteiger partial charge < -0.3 is 10.6 Å². The Labute approximate surface area is 154 Å². The summed E-state index contributed by atoms with van der Waals surface area (Å²) in [6, 6.07) is 15.7. The number of benzene rings is 2. The number of aromatic nitrogens is 2. The molecule has 7 heteroatoms. The van der Waals surface area contributed by atoms with E-state index in [1.54, 1.807) is 35.1 Å². The minimum Gasteiger partial charge on any atom is -0.324 e. The molecule has 2 amide bonds. The third-order valence-electron chi connectivity index (χ3n) is 4.21. The molecule has 1 aliphatic heterocycles. The number of hydrogen-bond acceptors (Lipinski definition) is 3. The minimum atomic E-state index is -0.727. The fourth-order valence-electron chi connectivity index (χ4n) is 2.99. The van der Waals surface area contributed by atoms with Crippen molar-refractivity contribution in [2.45, 2.75) is 12.5 Å². The molecule has 2 heterocycles. The van der Waals surface area contributed by atoms with Gasteiger partial charge in [-0.2, -0.15) is 5.10 Å². The van der Waals surface area contributed by atoms with E-state index in [2.05, 4.69) is 15.7 Å². The molecule has 1 atom stereocenters. The molecule has 1 aliphatic rings. The molecule has 2 aromatic carbocycles. The SMILES string of the molecule is O=C1C[C@@H](C(=O)Nc2cccc(Cl)c2)n2ncc(-c3ccccc3)c2N1. The molecular formula is C19H15ClN4O2. The first-order valence-electron chi connectivity index (χ1n) is 8.11. The molecule has 1 aromatic heterocycles. The van der Waals surface area contributed by atoms with Gasteiger partial charge in [0.2, 0.25) is 11.8 Å². The van der Waals surface area contributed by atoms with E-state index in [9.17, 15) is 9.59 Å². The average Bonchev–Trinajstić information content (AvgIpc) is 3.05. The van der Waals surface area contributed by atoms with Crippen molar-refractivity contribution >= 4 is 34.9 Å². The highest BCUT2D eigenvalue weighted by Crippen LogP contribution is 2.34. The van der Waals surface area contributed by atoms with Crippen molar-refractivity contribution < 1.29 is 9.59 Å². The van der Waals surface area contributed by atoms with E-state index >= 15 is 0 Å². The van der Waals surface area contributed by atoms with E-state index in [0.29, 0.717) is 16.5 Å². The van der Waals surface area contributed by atoms with Gasteiger partial charge >= 0.3 is 0 Å². The standard InChI is InChI=1S/C19H15ClN4O2/c20-13-7-4-8-14(9-13)22-19(26)16-10-17(25)23-18-15(11-21-24(16)18)12-5-2-1-3-6-12/h1-9,11,16H,10H2,(H,22,26)(H,23,25)/t16-/m0/s1. The Morgan fingerprint density at radius 1 is 1.19 bits per heavy atom. The Bertz CT molecular complexity index is 984. The van der Waals surface area contributed by atoms with Crippen molar-refractivity contribution in [3.05, 3.63) is 65.8 Å². The van der Waals surface area contributed by atoms with Crippen LogP contribution in [-0.2, 0) is 9.59 Å². The molecule has 0 saturated heterocycles. The van der Waals surface area contributed by atoms with Gasteiger partial charge in [-0.15, -0.1) is 0 Å². The van der Waals surface area contributed by atoms with Crippen LogP contribution in [0.5, 0.6) is 0 Å². The fourth-order valence-corrected chi connectivity index (χ4v) is 3.18. The first kappa shape index (κ1) is 16.4. The number of hydrogen-bond donors (Lipinski definition) is 2. The van der Waals surface area contributed by atoms with Crippen molar-refractivity contribution in [3.8, 4) is 11.1 Å².